The van der Waals surface area contributed by atoms with Gasteiger partial charge in [-0.05, 0) is 48.5 Å². The molecule has 3 aromatic carbocycles. The lowest BCUT2D eigenvalue weighted by Gasteiger charge is -2.16. The number of imide groups is 1. The van der Waals surface area contributed by atoms with E-state index < -0.39 is 23.7 Å². The second kappa shape index (κ2) is 8.16. The van der Waals surface area contributed by atoms with Crippen molar-refractivity contribution >= 4 is 46.7 Å². The van der Waals surface area contributed by atoms with Crippen LogP contribution in [-0.2, 0) is 0 Å². The first-order chi connectivity index (χ1) is 15.3. The van der Waals surface area contributed by atoms with E-state index in [-0.39, 0.29) is 38.7 Å². The number of halogens is 1. The molecule has 1 aliphatic heterocycles. The van der Waals surface area contributed by atoms with Gasteiger partial charge in [-0.2, -0.15) is 0 Å². The van der Waals surface area contributed by atoms with Crippen molar-refractivity contribution in [2.75, 3.05) is 17.3 Å². The van der Waals surface area contributed by atoms with E-state index in [1.807, 2.05) is 0 Å². The third kappa shape index (κ3) is 3.57. The highest BCUT2D eigenvalue weighted by molar-refractivity contribution is 6.35. The van der Waals surface area contributed by atoms with E-state index in [4.69, 9.17) is 16.3 Å². The van der Waals surface area contributed by atoms with Crippen molar-refractivity contribution in [3.63, 3.8) is 0 Å². The molecule has 3 aromatic rings. The number of fused-ring (bicyclic) bond motifs is 1. The van der Waals surface area contributed by atoms with Crippen LogP contribution in [0.15, 0.2) is 60.7 Å². The van der Waals surface area contributed by atoms with E-state index in [1.165, 1.54) is 43.5 Å². The van der Waals surface area contributed by atoms with Gasteiger partial charge in [0.2, 0.25) is 0 Å². The second-order valence-electron chi connectivity index (χ2n) is 6.83. The van der Waals surface area contributed by atoms with Gasteiger partial charge in [-0.15, -0.1) is 0 Å². The number of hydrogen-bond donors (Lipinski definition) is 2. The predicted octanol–water partition coefficient (Wildman–Crippen LogP) is 4.10. The van der Waals surface area contributed by atoms with Crippen LogP contribution < -0.4 is 15.0 Å². The Hall–Kier alpha value is -4.17. The quantitative estimate of drug-likeness (QED) is 0.566. The standard InChI is InChI=1S/C23H15ClN2O6/c1-32-19-5-3-2-4-18(19)26-21(28)14-8-6-12(10-16(14)22(26)29)20(27)25-17-11-13(24)7-9-15(17)23(30)31/h2-11H,1H3,(H,25,27)(H,30,31). The van der Waals surface area contributed by atoms with Gasteiger partial charge in [0.25, 0.3) is 17.7 Å². The molecule has 9 heteroatoms. The molecule has 160 valence electrons. The van der Waals surface area contributed by atoms with Crippen LogP contribution in [0.4, 0.5) is 11.4 Å². The number of aromatic carboxylic acids is 1. The molecule has 1 heterocycles. The highest BCUT2D eigenvalue weighted by Crippen LogP contribution is 2.35. The van der Waals surface area contributed by atoms with Gasteiger partial charge < -0.3 is 15.2 Å². The third-order valence-corrected chi connectivity index (χ3v) is 5.17. The minimum Gasteiger partial charge on any atom is -0.495 e. The van der Waals surface area contributed by atoms with Crippen LogP contribution in [0.25, 0.3) is 0 Å². The van der Waals surface area contributed by atoms with Crippen molar-refractivity contribution in [3.05, 3.63) is 87.9 Å². The van der Waals surface area contributed by atoms with E-state index in [1.54, 1.807) is 24.3 Å². The molecule has 0 aromatic heterocycles. The Morgan fingerprint density at radius 1 is 0.969 bits per heavy atom. The van der Waals surface area contributed by atoms with Crippen LogP contribution in [0.5, 0.6) is 5.75 Å². The zero-order valence-electron chi connectivity index (χ0n) is 16.6. The van der Waals surface area contributed by atoms with E-state index in [0.717, 1.165) is 4.90 Å². The highest BCUT2D eigenvalue weighted by Gasteiger charge is 2.38. The maximum atomic E-state index is 13.0. The number of methoxy groups -OCH3 is 1. The molecule has 0 saturated carbocycles. The average Bonchev–Trinajstić information content (AvgIpc) is 3.03. The van der Waals surface area contributed by atoms with Crippen LogP contribution in [0.3, 0.4) is 0 Å². The van der Waals surface area contributed by atoms with Crippen molar-refractivity contribution in [1.29, 1.82) is 0 Å². The summed E-state index contributed by atoms with van der Waals surface area (Å²) in [4.78, 5) is 51.1. The fraction of sp³-hybridized carbons (Fsp3) is 0.0435. The number of amides is 3. The van der Waals surface area contributed by atoms with Gasteiger partial charge in [0, 0.05) is 10.6 Å². The number of carboxylic acid groups (broad SMARTS) is 1. The number of nitrogens with zero attached hydrogens (tertiary/aromatic N) is 1. The molecule has 4 rings (SSSR count). The first kappa shape index (κ1) is 21.1. The SMILES string of the molecule is COc1ccccc1N1C(=O)c2ccc(C(=O)Nc3cc(Cl)ccc3C(=O)O)cc2C1=O. The fourth-order valence-corrected chi connectivity index (χ4v) is 3.59. The van der Waals surface area contributed by atoms with Crippen LogP contribution in [0, 0.1) is 0 Å². The first-order valence-electron chi connectivity index (χ1n) is 9.32. The van der Waals surface area contributed by atoms with Gasteiger partial charge in [-0.3, -0.25) is 14.4 Å². The van der Waals surface area contributed by atoms with Gasteiger partial charge in [-0.1, -0.05) is 23.7 Å². The molecule has 1 aliphatic rings. The normalized spacial score (nSPS) is 12.5. The van der Waals surface area contributed by atoms with Gasteiger partial charge in [-0.25, -0.2) is 9.69 Å². The monoisotopic (exact) mass is 450 g/mol. The summed E-state index contributed by atoms with van der Waals surface area (Å²) in [5.74, 6) is -2.68. The molecule has 0 atom stereocenters. The maximum Gasteiger partial charge on any atom is 0.337 e. The second-order valence-corrected chi connectivity index (χ2v) is 7.26. The topological polar surface area (TPSA) is 113 Å². The Bertz CT molecular complexity index is 1300. The summed E-state index contributed by atoms with van der Waals surface area (Å²) in [5.41, 5.74) is 0.427. The van der Waals surface area contributed by atoms with Gasteiger partial charge in [0.1, 0.15) is 5.75 Å². The highest BCUT2D eigenvalue weighted by atomic mass is 35.5. The van der Waals surface area contributed by atoms with Crippen molar-refractivity contribution in [2.24, 2.45) is 0 Å². The number of carbonyl (C=O) groups excluding carboxylic acids is 3. The number of anilines is 2. The van der Waals surface area contributed by atoms with E-state index in [2.05, 4.69) is 5.32 Å². The van der Waals surface area contributed by atoms with E-state index in [0.29, 0.717) is 5.75 Å². The molecular formula is C23H15ClN2O6. The van der Waals surface area contributed by atoms with E-state index in [9.17, 15) is 24.3 Å². The van der Waals surface area contributed by atoms with Crippen LogP contribution in [-0.4, -0.2) is 35.9 Å². The predicted molar refractivity (Wildman–Crippen MR) is 117 cm³/mol. The largest absolute Gasteiger partial charge is 0.495 e. The fourth-order valence-electron chi connectivity index (χ4n) is 3.42. The summed E-state index contributed by atoms with van der Waals surface area (Å²) in [7, 11) is 1.43. The summed E-state index contributed by atoms with van der Waals surface area (Å²) in [6.45, 7) is 0. The molecule has 3 amide bonds. The Kier molecular flexibility index (Phi) is 5.38. The summed E-state index contributed by atoms with van der Waals surface area (Å²) in [5, 5.41) is 12.1. The Labute approximate surface area is 187 Å². The molecule has 2 N–H and O–H groups in total. The number of rotatable bonds is 5. The van der Waals surface area contributed by atoms with E-state index >= 15 is 0 Å². The van der Waals surface area contributed by atoms with Crippen LogP contribution in [0.2, 0.25) is 5.02 Å². The maximum absolute atomic E-state index is 13.0. The van der Waals surface area contributed by atoms with Gasteiger partial charge in [0.05, 0.1) is 35.2 Å². The lowest BCUT2D eigenvalue weighted by molar-refractivity contribution is 0.0697. The first-order valence-corrected chi connectivity index (χ1v) is 9.69. The molecule has 32 heavy (non-hydrogen) atoms. The molecule has 0 fully saturated rings. The van der Waals surface area contributed by atoms with Crippen molar-refractivity contribution in [2.45, 2.75) is 0 Å². The van der Waals surface area contributed by atoms with Crippen LogP contribution >= 0.6 is 11.6 Å². The summed E-state index contributed by atoms with van der Waals surface area (Å²) >= 11 is 5.92. The zero-order chi connectivity index (χ0) is 23.0. The molecule has 0 unspecified atom stereocenters. The average molecular weight is 451 g/mol. The number of carbonyl (C=O) groups is 4. The molecule has 0 bridgehead atoms. The van der Waals surface area contributed by atoms with Crippen molar-refractivity contribution < 1.29 is 29.0 Å². The smallest absolute Gasteiger partial charge is 0.337 e. The molecule has 0 radical (unpaired) electrons. The number of carboxylic acids is 1. The Morgan fingerprint density at radius 2 is 1.69 bits per heavy atom. The zero-order valence-corrected chi connectivity index (χ0v) is 17.3. The van der Waals surface area contributed by atoms with Gasteiger partial charge in [0.15, 0.2) is 0 Å². The number of benzene rings is 3. The van der Waals surface area contributed by atoms with Crippen molar-refractivity contribution in [3.8, 4) is 5.75 Å². The Morgan fingerprint density at radius 3 is 2.41 bits per heavy atom. The summed E-state index contributed by atoms with van der Waals surface area (Å²) in [6, 6.07) is 14.6. The molecule has 8 nitrogen and oxygen atoms in total. The minimum atomic E-state index is -1.24. The third-order valence-electron chi connectivity index (χ3n) is 4.94. The number of para-hydroxylation sites is 2. The number of nitrogens with one attached hydrogen (secondary N) is 1. The minimum absolute atomic E-state index is 0.00792. The summed E-state index contributed by atoms with van der Waals surface area (Å²) in [6.07, 6.45) is 0. The van der Waals surface area contributed by atoms with Gasteiger partial charge >= 0.3 is 5.97 Å². The number of hydrogen-bond acceptors (Lipinski definition) is 5. The van der Waals surface area contributed by atoms with Crippen molar-refractivity contribution in [1.82, 2.24) is 0 Å². The molecule has 0 saturated heterocycles. The molecular weight excluding hydrogens is 436 g/mol. The number of ether oxygens (including phenoxy) is 1. The Balaban J connectivity index is 1.67. The lowest BCUT2D eigenvalue weighted by Crippen LogP contribution is -2.29. The molecule has 0 aliphatic carbocycles. The molecule has 0 spiro atoms. The van der Waals surface area contributed by atoms with Crippen LogP contribution in [0.1, 0.15) is 41.4 Å². The lowest BCUT2D eigenvalue weighted by atomic mass is 10.0. The summed E-state index contributed by atoms with van der Waals surface area (Å²) < 4.78 is 5.25.